The molecular weight excluding hydrogens is 496 g/mol. The number of benzene rings is 1. The van der Waals surface area contributed by atoms with Crippen LogP contribution in [-0.2, 0) is 23.9 Å². The minimum Gasteiger partial charge on any atom is -0.461 e. The third-order valence-electron chi connectivity index (χ3n) is 8.38. The lowest BCUT2D eigenvalue weighted by Gasteiger charge is -2.39. The number of fused-ring (bicyclic) bond motifs is 1. The quantitative estimate of drug-likeness (QED) is 0.368. The molecule has 37 heavy (non-hydrogen) atoms. The van der Waals surface area contributed by atoms with Gasteiger partial charge in [-0.1, -0.05) is 44.2 Å². The molecule has 3 saturated heterocycles. The molecule has 3 aliphatic rings. The summed E-state index contributed by atoms with van der Waals surface area (Å²) >= 11 is 6.08. The van der Waals surface area contributed by atoms with E-state index in [4.69, 9.17) is 21.1 Å². The van der Waals surface area contributed by atoms with Gasteiger partial charge < -0.3 is 24.4 Å². The third kappa shape index (κ3) is 4.10. The summed E-state index contributed by atoms with van der Waals surface area (Å²) in [7, 11) is 0. The van der Waals surface area contributed by atoms with Crippen molar-refractivity contribution >= 4 is 35.1 Å². The Morgan fingerprint density at radius 1 is 1.32 bits per heavy atom. The SMILES string of the molecule is C=CCOC(=O)[C@H]1[C@H]2C(=O)N([C@@H](CC)CO)C(C(=O)N(CC=C)c3ccc(Cl)cc3)C23CC(C)[C@]1(C)O3. The van der Waals surface area contributed by atoms with Gasteiger partial charge in [0.15, 0.2) is 0 Å². The number of aliphatic hydroxyl groups excluding tert-OH is 1. The van der Waals surface area contributed by atoms with Gasteiger partial charge in [0.2, 0.25) is 5.91 Å². The van der Waals surface area contributed by atoms with Crippen molar-refractivity contribution in [3.8, 4) is 0 Å². The predicted molar refractivity (Wildman–Crippen MR) is 140 cm³/mol. The van der Waals surface area contributed by atoms with Gasteiger partial charge in [0.05, 0.1) is 24.2 Å². The number of aliphatic hydroxyl groups is 1. The van der Waals surface area contributed by atoms with E-state index in [1.807, 2.05) is 20.8 Å². The second-order valence-corrected chi connectivity index (χ2v) is 10.8. The molecule has 2 amide bonds. The van der Waals surface area contributed by atoms with Crippen molar-refractivity contribution in [2.75, 3.05) is 24.7 Å². The van der Waals surface area contributed by atoms with Crippen LogP contribution in [0.3, 0.4) is 0 Å². The molecule has 1 spiro atoms. The fourth-order valence-electron chi connectivity index (χ4n) is 6.57. The highest BCUT2D eigenvalue weighted by atomic mass is 35.5. The molecule has 3 unspecified atom stereocenters. The van der Waals surface area contributed by atoms with Gasteiger partial charge in [0, 0.05) is 17.3 Å². The summed E-state index contributed by atoms with van der Waals surface area (Å²) in [5, 5.41) is 10.8. The second-order valence-electron chi connectivity index (χ2n) is 10.3. The van der Waals surface area contributed by atoms with Gasteiger partial charge in [-0.25, -0.2) is 0 Å². The number of carbonyl (C=O) groups excluding carboxylic acids is 3. The molecule has 9 heteroatoms. The van der Waals surface area contributed by atoms with E-state index in [9.17, 15) is 19.5 Å². The summed E-state index contributed by atoms with van der Waals surface area (Å²) in [6.45, 7) is 12.9. The molecule has 4 rings (SSSR count). The lowest BCUT2D eigenvalue weighted by molar-refractivity contribution is -0.161. The van der Waals surface area contributed by atoms with Crippen molar-refractivity contribution in [1.82, 2.24) is 4.90 Å². The maximum atomic E-state index is 14.5. The van der Waals surface area contributed by atoms with E-state index in [-0.39, 0.29) is 37.5 Å². The van der Waals surface area contributed by atoms with Crippen LogP contribution in [0.15, 0.2) is 49.6 Å². The highest BCUT2D eigenvalue weighted by molar-refractivity contribution is 6.30. The van der Waals surface area contributed by atoms with Crippen LogP contribution in [0.5, 0.6) is 0 Å². The van der Waals surface area contributed by atoms with Crippen LogP contribution < -0.4 is 4.90 Å². The van der Waals surface area contributed by atoms with E-state index in [0.717, 1.165) is 0 Å². The van der Waals surface area contributed by atoms with E-state index in [2.05, 4.69) is 13.2 Å². The van der Waals surface area contributed by atoms with Gasteiger partial charge in [-0.3, -0.25) is 14.4 Å². The normalized spacial score (nSPS) is 32.7. The van der Waals surface area contributed by atoms with E-state index in [1.165, 1.54) is 11.0 Å². The Labute approximate surface area is 222 Å². The van der Waals surface area contributed by atoms with Crippen LogP contribution in [0.2, 0.25) is 5.02 Å². The van der Waals surface area contributed by atoms with Crippen LogP contribution in [0, 0.1) is 17.8 Å². The first-order valence-electron chi connectivity index (χ1n) is 12.7. The predicted octanol–water partition coefficient (Wildman–Crippen LogP) is 3.37. The van der Waals surface area contributed by atoms with Crippen LogP contribution in [0.25, 0.3) is 0 Å². The summed E-state index contributed by atoms with van der Waals surface area (Å²) < 4.78 is 12.1. The summed E-state index contributed by atoms with van der Waals surface area (Å²) in [5.41, 5.74) is -1.63. The molecule has 7 atom stereocenters. The van der Waals surface area contributed by atoms with Crippen molar-refractivity contribution in [3.63, 3.8) is 0 Å². The minimum atomic E-state index is -1.24. The van der Waals surface area contributed by atoms with Crippen molar-refractivity contribution in [2.24, 2.45) is 17.8 Å². The first-order chi connectivity index (χ1) is 17.6. The molecule has 3 heterocycles. The maximum absolute atomic E-state index is 14.5. The van der Waals surface area contributed by atoms with Crippen LogP contribution in [0.1, 0.15) is 33.6 Å². The first-order valence-corrected chi connectivity index (χ1v) is 13.1. The molecule has 0 aliphatic carbocycles. The summed E-state index contributed by atoms with van der Waals surface area (Å²) in [6, 6.07) is 5.18. The number of anilines is 1. The number of likely N-dealkylation sites (tertiary alicyclic amines) is 1. The minimum absolute atomic E-state index is 0.0116. The van der Waals surface area contributed by atoms with E-state index in [0.29, 0.717) is 23.6 Å². The molecule has 1 aromatic rings. The fraction of sp³-hybridized carbons (Fsp3) is 0.536. The van der Waals surface area contributed by atoms with Gasteiger partial charge in [-0.2, -0.15) is 0 Å². The summed E-state index contributed by atoms with van der Waals surface area (Å²) in [6.07, 6.45) is 3.93. The number of halogens is 1. The number of carbonyl (C=O) groups is 3. The second kappa shape index (κ2) is 10.2. The van der Waals surface area contributed by atoms with Gasteiger partial charge in [0.25, 0.3) is 5.91 Å². The van der Waals surface area contributed by atoms with Crippen molar-refractivity contribution in [1.29, 1.82) is 0 Å². The lowest BCUT2D eigenvalue weighted by Crippen LogP contribution is -2.59. The van der Waals surface area contributed by atoms with Crippen molar-refractivity contribution in [3.05, 3.63) is 54.6 Å². The van der Waals surface area contributed by atoms with Crippen LogP contribution in [0.4, 0.5) is 5.69 Å². The number of amides is 2. The molecule has 1 N–H and O–H groups in total. The molecule has 1 aromatic carbocycles. The molecule has 0 radical (unpaired) electrons. The highest BCUT2D eigenvalue weighted by Gasteiger charge is 2.80. The van der Waals surface area contributed by atoms with Crippen molar-refractivity contribution < 1.29 is 29.0 Å². The number of hydrogen-bond acceptors (Lipinski definition) is 6. The Bertz CT molecular complexity index is 1090. The standard InChI is InChI=1S/C28H35ClN2O6/c1-6-13-30(20-11-9-18(29)10-12-20)25(34)23-28-15-17(4)27(5,37-28)22(26(35)36-14-7-2)21(28)24(33)31(23)19(8-3)16-32/h6-7,9-12,17,19,21-23,32H,1-2,8,13-16H2,3-5H3/t17?,19-,21-,22+,23?,27-,28?/m0/s1. The molecule has 200 valence electrons. The Morgan fingerprint density at radius 3 is 2.57 bits per heavy atom. The molecule has 2 bridgehead atoms. The Kier molecular flexibility index (Phi) is 7.57. The number of rotatable bonds is 10. The first kappa shape index (κ1) is 27.4. The average Bonchev–Trinajstić information content (AvgIpc) is 3.39. The van der Waals surface area contributed by atoms with Gasteiger partial charge in [-0.15, -0.1) is 6.58 Å². The maximum Gasteiger partial charge on any atom is 0.313 e. The zero-order valence-corrected chi connectivity index (χ0v) is 22.3. The molecule has 3 aliphatic heterocycles. The van der Waals surface area contributed by atoms with Gasteiger partial charge >= 0.3 is 5.97 Å². The van der Waals surface area contributed by atoms with Gasteiger partial charge in [0.1, 0.15) is 24.2 Å². The van der Waals surface area contributed by atoms with E-state index < -0.39 is 41.1 Å². The number of hydrogen-bond donors (Lipinski definition) is 1. The molecule has 8 nitrogen and oxygen atoms in total. The van der Waals surface area contributed by atoms with Gasteiger partial charge in [-0.05, 0) is 49.9 Å². The largest absolute Gasteiger partial charge is 0.461 e. The molecular formula is C28H35ClN2O6. The summed E-state index contributed by atoms with van der Waals surface area (Å²) in [5.74, 6) is -3.18. The number of ether oxygens (including phenoxy) is 2. The highest BCUT2D eigenvalue weighted by Crippen LogP contribution is 2.65. The number of esters is 1. The van der Waals surface area contributed by atoms with Crippen LogP contribution >= 0.6 is 11.6 Å². The Hall–Kier alpha value is -2.68. The summed E-state index contributed by atoms with van der Waals surface area (Å²) in [4.78, 5) is 44.9. The molecule has 0 aromatic heterocycles. The average molecular weight is 531 g/mol. The third-order valence-corrected chi connectivity index (χ3v) is 8.63. The topological polar surface area (TPSA) is 96.4 Å². The zero-order valence-electron chi connectivity index (χ0n) is 21.6. The monoisotopic (exact) mass is 530 g/mol. The molecule has 3 fully saturated rings. The Balaban J connectivity index is 1.86. The molecule has 0 saturated carbocycles. The zero-order chi connectivity index (χ0) is 27.1. The van der Waals surface area contributed by atoms with E-state index in [1.54, 1.807) is 35.2 Å². The van der Waals surface area contributed by atoms with E-state index >= 15 is 0 Å². The van der Waals surface area contributed by atoms with Crippen LogP contribution in [-0.4, -0.2) is 70.8 Å². The van der Waals surface area contributed by atoms with Crippen molar-refractivity contribution in [2.45, 2.75) is 56.9 Å². The smallest absolute Gasteiger partial charge is 0.313 e. The number of nitrogens with zero attached hydrogens (tertiary/aromatic N) is 2. The fourth-order valence-corrected chi connectivity index (χ4v) is 6.70. The Morgan fingerprint density at radius 2 is 2.00 bits per heavy atom. The lowest BCUT2D eigenvalue weighted by atomic mass is 9.62.